The lowest BCUT2D eigenvalue weighted by molar-refractivity contribution is -0.138. The highest BCUT2D eigenvalue weighted by molar-refractivity contribution is 5.98. The van der Waals surface area contributed by atoms with Crippen LogP contribution in [0.15, 0.2) is 36.5 Å². The number of carbonyl (C=O) groups excluding carboxylic acids is 2. The summed E-state index contributed by atoms with van der Waals surface area (Å²) in [5.41, 5.74) is -0.456. The fraction of sp³-hybridized carbons (Fsp3) is 0.421. The van der Waals surface area contributed by atoms with Crippen molar-refractivity contribution in [3.8, 4) is 0 Å². The Hall–Kier alpha value is -2.57. The van der Waals surface area contributed by atoms with Crippen molar-refractivity contribution in [3.05, 3.63) is 42.1 Å². The fourth-order valence-corrected chi connectivity index (χ4v) is 2.80. The van der Waals surface area contributed by atoms with Crippen LogP contribution in [-0.4, -0.2) is 35.3 Å². The van der Waals surface area contributed by atoms with Gasteiger partial charge in [-0.3, -0.25) is 14.6 Å². The average molecular weight is 361 g/mol. The molecule has 1 heterocycles. The minimum atomic E-state index is -2.72. The predicted octanol–water partition coefficient (Wildman–Crippen LogP) is 2.90. The zero-order chi connectivity index (χ0) is 18.9. The lowest BCUT2D eigenvalue weighted by atomic mass is 9.84. The molecule has 1 saturated carbocycles. The second-order valence-electron chi connectivity index (χ2n) is 7.25. The van der Waals surface area contributed by atoms with E-state index in [1.807, 2.05) is 18.2 Å². The van der Waals surface area contributed by atoms with Crippen LogP contribution in [0.4, 0.5) is 8.78 Å². The van der Waals surface area contributed by atoms with E-state index in [9.17, 15) is 18.4 Å². The number of amides is 2. The Bertz CT molecular complexity index is 832. The molecule has 1 aromatic heterocycles. The van der Waals surface area contributed by atoms with E-state index in [0.29, 0.717) is 18.4 Å². The second-order valence-corrected chi connectivity index (χ2v) is 7.25. The van der Waals surface area contributed by atoms with Crippen LogP contribution in [0.2, 0.25) is 0 Å². The van der Waals surface area contributed by atoms with Crippen molar-refractivity contribution in [2.75, 3.05) is 0 Å². The number of fused-ring (bicyclic) bond motifs is 1. The van der Waals surface area contributed by atoms with E-state index in [-0.39, 0.29) is 18.0 Å². The Morgan fingerprint density at radius 2 is 1.85 bits per heavy atom. The molecule has 0 unspecified atom stereocenters. The van der Waals surface area contributed by atoms with Crippen molar-refractivity contribution < 1.29 is 18.4 Å². The quantitative estimate of drug-likeness (QED) is 0.860. The van der Waals surface area contributed by atoms with E-state index in [1.165, 1.54) is 13.8 Å². The molecule has 0 spiro atoms. The van der Waals surface area contributed by atoms with Gasteiger partial charge in [-0.2, -0.15) is 0 Å². The van der Waals surface area contributed by atoms with Crippen LogP contribution < -0.4 is 10.6 Å². The topological polar surface area (TPSA) is 71.1 Å². The van der Waals surface area contributed by atoms with Gasteiger partial charge in [0.15, 0.2) is 0 Å². The van der Waals surface area contributed by atoms with Gasteiger partial charge in [0.25, 0.3) is 12.3 Å². The summed E-state index contributed by atoms with van der Waals surface area (Å²) in [6.07, 6.45) is 0.00892. The van der Waals surface area contributed by atoms with E-state index in [0.717, 1.165) is 10.9 Å². The van der Waals surface area contributed by atoms with E-state index in [2.05, 4.69) is 15.6 Å². The molecule has 0 radical (unpaired) electrons. The molecule has 1 aliphatic rings. The fourth-order valence-electron chi connectivity index (χ4n) is 2.80. The Morgan fingerprint density at radius 3 is 2.54 bits per heavy atom. The third kappa shape index (κ3) is 3.66. The van der Waals surface area contributed by atoms with Crippen molar-refractivity contribution in [1.82, 2.24) is 15.6 Å². The van der Waals surface area contributed by atoms with Crippen molar-refractivity contribution >= 4 is 22.7 Å². The van der Waals surface area contributed by atoms with Gasteiger partial charge in [0.2, 0.25) is 5.91 Å². The highest BCUT2D eigenvalue weighted by Crippen LogP contribution is 2.27. The maximum absolute atomic E-state index is 12.9. The number of rotatable bonds is 5. The normalized spacial score (nSPS) is 19.9. The van der Waals surface area contributed by atoms with Crippen LogP contribution in [0.5, 0.6) is 0 Å². The Balaban J connectivity index is 1.52. The van der Waals surface area contributed by atoms with Gasteiger partial charge in [0, 0.05) is 29.2 Å². The predicted molar refractivity (Wildman–Crippen MR) is 93.9 cm³/mol. The first-order chi connectivity index (χ1) is 12.3. The van der Waals surface area contributed by atoms with Gasteiger partial charge in [-0.25, -0.2) is 8.78 Å². The number of halogens is 2. The lowest BCUT2D eigenvalue weighted by Crippen LogP contribution is -2.56. The SMILES string of the molecule is CC(C)(C(=O)NC1CC(NC(=O)c2ccc3cccnc3c2)C1)C(F)F. The molecule has 2 N–H and O–H groups in total. The van der Waals surface area contributed by atoms with Crippen LogP contribution in [0.25, 0.3) is 10.9 Å². The maximum Gasteiger partial charge on any atom is 0.252 e. The molecule has 0 bridgehead atoms. The van der Waals surface area contributed by atoms with Gasteiger partial charge >= 0.3 is 0 Å². The van der Waals surface area contributed by atoms with Crippen molar-refractivity contribution in [3.63, 3.8) is 0 Å². The largest absolute Gasteiger partial charge is 0.353 e. The van der Waals surface area contributed by atoms with Gasteiger partial charge in [-0.05, 0) is 44.9 Å². The summed E-state index contributed by atoms with van der Waals surface area (Å²) in [7, 11) is 0. The van der Waals surface area contributed by atoms with E-state index in [4.69, 9.17) is 0 Å². The lowest BCUT2D eigenvalue weighted by Gasteiger charge is -2.38. The number of carbonyl (C=O) groups is 2. The van der Waals surface area contributed by atoms with Crippen LogP contribution in [0.3, 0.4) is 0 Å². The molecule has 0 saturated heterocycles. The second kappa shape index (κ2) is 6.97. The molecule has 3 rings (SSSR count). The van der Waals surface area contributed by atoms with Gasteiger partial charge in [-0.15, -0.1) is 0 Å². The summed E-state index contributed by atoms with van der Waals surface area (Å²) in [6.45, 7) is 2.44. The molecule has 1 aromatic carbocycles. The molecule has 2 amide bonds. The Morgan fingerprint density at radius 1 is 1.15 bits per heavy atom. The molecule has 26 heavy (non-hydrogen) atoms. The number of hydrogen-bond donors (Lipinski definition) is 2. The number of benzene rings is 1. The Labute approximate surface area is 150 Å². The smallest absolute Gasteiger partial charge is 0.252 e. The molecule has 1 fully saturated rings. The minimum Gasteiger partial charge on any atom is -0.353 e. The van der Waals surface area contributed by atoms with Crippen molar-refractivity contribution in [2.24, 2.45) is 5.41 Å². The number of aromatic nitrogens is 1. The highest BCUT2D eigenvalue weighted by atomic mass is 19.3. The summed E-state index contributed by atoms with van der Waals surface area (Å²) in [5.74, 6) is -0.872. The molecule has 1 aliphatic carbocycles. The monoisotopic (exact) mass is 361 g/mol. The van der Waals surface area contributed by atoms with Crippen molar-refractivity contribution in [2.45, 2.75) is 45.2 Å². The summed E-state index contributed by atoms with van der Waals surface area (Å²) < 4.78 is 25.7. The number of hydrogen-bond acceptors (Lipinski definition) is 3. The van der Waals surface area contributed by atoms with E-state index < -0.39 is 17.7 Å². The molecule has 138 valence electrons. The van der Waals surface area contributed by atoms with Gasteiger partial charge < -0.3 is 10.6 Å². The first kappa shape index (κ1) is 18.2. The van der Waals surface area contributed by atoms with Gasteiger partial charge in [0.1, 0.15) is 5.41 Å². The summed E-state index contributed by atoms with van der Waals surface area (Å²) in [5, 5.41) is 6.48. The molecule has 5 nitrogen and oxygen atoms in total. The summed E-state index contributed by atoms with van der Waals surface area (Å²) in [6, 6.07) is 8.79. The third-order valence-electron chi connectivity index (χ3n) is 4.81. The zero-order valence-corrected chi connectivity index (χ0v) is 14.6. The van der Waals surface area contributed by atoms with E-state index in [1.54, 1.807) is 18.3 Å². The summed E-state index contributed by atoms with van der Waals surface area (Å²) in [4.78, 5) is 28.5. The van der Waals surface area contributed by atoms with Crippen molar-refractivity contribution in [1.29, 1.82) is 0 Å². The molecule has 0 aliphatic heterocycles. The Kier molecular flexibility index (Phi) is 4.89. The molecular formula is C19H21F2N3O2. The maximum atomic E-state index is 12.9. The van der Waals surface area contributed by atoms with Crippen LogP contribution >= 0.6 is 0 Å². The summed E-state index contributed by atoms with van der Waals surface area (Å²) >= 11 is 0. The number of alkyl halides is 2. The van der Waals surface area contributed by atoms with Gasteiger partial charge in [-0.1, -0.05) is 12.1 Å². The third-order valence-corrected chi connectivity index (χ3v) is 4.81. The first-order valence-electron chi connectivity index (χ1n) is 8.52. The first-order valence-corrected chi connectivity index (χ1v) is 8.52. The van der Waals surface area contributed by atoms with Crippen LogP contribution in [0.1, 0.15) is 37.0 Å². The molecule has 0 atom stereocenters. The van der Waals surface area contributed by atoms with E-state index >= 15 is 0 Å². The van der Waals surface area contributed by atoms with Crippen LogP contribution in [-0.2, 0) is 4.79 Å². The standard InChI is InChI=1S/C19H21F2N3O2/c1-19(2,17(20)21)18(26)24-14-9-13(10-14)23-16(25)12-6-5-11-4-3-7-22-15(11)8-12/h3-8,13-14,17H,9-10H2,1-2H3,(H,23,25)(H,24,26). The zero-order valence-electron chi connectivity index (χ0n) is 14.6. The molecular weight excluding hydrogens is 340 g/mol. The molecule has 2 aromatic rings. The number of nitrogens with zero attached hydrogens (tertiary/aromatic N) is 1. The highest BCUT2D eigenvalue weighted by Gasteiger charge is 2.40. The minimum absolute atomic E-state index is 0.0816. The number of nitrogens with one attached hydrogen (secondary N) is 2. The molecule has 7 heteroatoms. The van der Waals surface area contributed by atoms with Gasteiger partial charge in [0.05, 0.1) is 5.52 Å². The van der Waals surface area contributed by atoms with Crippen LogP contribution in [0, 0.1) is 5.41 Å². The number of pyridine rings is 1. The average Bonchev–Trinajstić information content (AvgIpc) is 2.58.